The van der Waals surface area contributed by atoms with Gasteiger partial charge in [0.1, 0.15) is 11.5 Å². The van der Waals surface area contributed by atoms with Gasteiger partial charge in [-0.2, -0.15) is 0 Å². The number of para-hydroxylation sites is 2. The first-order valence-electron chi connectivity index (χ1n) is 9.22. The number of hydrogen-bond donors (Lipinski definition) is 2. The van der Waals surface area contributed by atoms with Crippen LogP contribution in [-0.4, -0.2) is 33.7 Å². The van der Waals surface area contributed by atoms with Crippen molar-refractivity contribution in [2.24, 2.45) is 9.98 Å². The summed E-state index contributed by atoms with van der Waals surface area (Å²) in [5.74, 6) is 0.519. The summed E-state index contributed by atoms with van der Waals surface area (Å²) in [5, 5.41) is 20.1. The number of phenols is 2. The zero-order chi connectivity index (χ0) is 18.5. The lowest BCUT2D eigenvalue weighted by atomic mass is 9.90. The Hall–Kier alpha value is -2.62. The van der Waals surface area contributed by atoms with Crippen LogP contribution in [-0.2, 0) is 0 Å². The zero-order valence-corrected chi connectivity index (χ0v) is 15.4. The molecule has 4 nitrogen and oxygen atoms in total. The highest BCUT2D eigenvalue weighted by molar-refractivity contribution is 6.02. The molecule has 2 N–H and O–H groups in total. The Bertz CT molecular complexity index is 757. The molecule has 2 aromatic rings. The van der Waals surface area contributed by atoms with E-state index < -0.39 is 0 Å². The van der Waals surface area contributed by atoms with Gasteiger partial charge in [-0.25, -0.2) is 0 Å². The zero-order valence-electron chi connectivity index (χ0n) is 15.4. The lowest BCUT2D eigenvalue weighted by Crippen LogP contribution is -2.29. The van der Waals surface area contributed by atoms with Gasteiger partial charge in [0.05, 0.1) is 12.1 Å². The predicted octanol–water partition coefficient (Wildman–Crippen LogP) is 4.73. The minimum atomic E-state index is 0.101. The standard InChI is InChI=1S/C22H26N2O2/c1-15(17-9-3-7-13-21(17)25)23-19-11-5-6-12-20(19)24-16(2)18-10-4-8-14-22(18)26/h3-4,7-10,13-14,19-20,25-26H,5-6,11-12H2,1-2H3/t19-,20-/m0/s1. The second kappa shape index (κ2) is 8.17. The van der Waals surface area contributed by atoms with Crippen molar-refractivity contribution in [2.75, 3.05) is 0 Å². The molecule has 0 saturated heterocycles. The van der Waals surface area contributed by atoms with Crippen molar-refractivity contribution in [3.05, 3.63) is 59.7 Å². The highest BCUT2D eigenvalue weighted by atomic mass is 16.3. The summed E-state index contributed by atoms with van der Waals surface area (Å²) < 4.78 is 0. The van der Waals surface area contributed by atoms with Crippen LogP contribution in [0.25, 0.3) is 0 Å². The van der Waals surface area contributed by atoms with Crippen molar-refractivity contribution in [2.45, 2.75) is 51.6 Å². The normalized spacial score (nSPS) is 21.6. The summed E-state index contributed by atoms with van der Waals surface area (Å²) in [7, 11) is 0. The van der Waals surface area contributed by atoms with Crippen LogP contribution < -0.4 is 0 Å². The van der Waals surface area contributed by atoms with Gasteiger partial charge in [0.25, 0.3) is 0 Å². The average Bonchev–Trinajstić information content (AvgIpc) is 2.64. The first-order valence-corrected chi connectivity index (χ1v) is 9.22. The molecule has 26 heavy (non-hydrogen) atoms. The first-order chi connectivity index (χ1) is 12.6. The van der Waals surface area contributed by atoms with Crippen molar-refractivity contribution in [3.63, 3.8) is 0 Å². The van der Waals surface area contributed by atoms with Gasteiger partial charge in [0.15, 0.2) is 0 Å². The first kappa shape index (κ1) is 18.2. The van der Waals surface area contributed by atoms with E-state index in [4.69, 9.17) is 9.98 Å². The lowest BCUT2D eigenvalue weighted by molar-refractivity contribution is 0.388. The van der Waals surface area contributed by atoms with Crippen LogP contribution in [0, 0.1) is 0 Å². The van der Waals surface area contributed by atoms with Crippen LogP contribution in [0.2, 0.25) is 0 Å². The number of hydrogen-bond acceptors (Lipinski definition) is 4. The largest absolute Gasteiger partial charge is 0.507 e. The van der Waals surface area contributed by atoms with Crippen LogP contribution in [0.1, 0.15) is 50.7 Å². The Morgan fingerprint density at radius 2 is 1.12 bits per heavy atom. The second-order valence-electron chi connectivity index (χ2n) is 6.88. The van der Waals surface area contributed by atoms with Crippen LogP contribution in [0.3, 0.4) is 0 Å². The second-order valence-corrected chi connectivity index (χ2v) is 6.88. The number of nitrogens with zero attached hydrogens (tertiary/aromatic N) is 2. The number of aliphatic imine (C=N–C) groups is 2. The molecule has 0 aliphatic heterocycles. The molecule has 0 radical (unpaired) electrons. The topological polar surface area (TPSA) is 65.2 Å². The van der Waals surface area contributed by atoms with E-state index in [1.165, 1.54) is 0 Å². The molecule has 136 valence electrons. The summed E-state index contributed by atoms with van der Waals surface area (Å²) in [5.41, 5.74) is 3.24. The van der Waals surface area contributed by atoms with Crippen molar-refractivity contribution in [1.29, 1.82) is 0 Å². The summed E-state index contributed by atoms with van der Waals surface area (Å²) >= 11 is 0. The molecule has 0 aromatic heterocycles. The predicted molar refractivity (Wildman–Crippen MR) is 107 cm³/mol. The van der Waals surface area contributed by atoms with E-state index in [0.29, 0.717) is 0 Å². The van der Waals surface area contributed by atoms with E-state index in [2.05, 4.69) is 0 Å². The van der Waals surface area contributed by atoms with E-state index in [9.17, 15) is 10.2 Å². The molecule has 1 aliphatic carbocycles. The van der Waals surface area contributed by atoms with Gasteiger partial charge in [0.2, 0.25) is 0 Å². The molecule has 1 fully saturated rings. The van der Waals surface area contributed by atoms with Gasteiger partial charge in [0, 0.05) is 22.6 Å². The maximum Gasteiger partial charge on any atom is 0.124 e. The summed E-state index contributed by atoms with van der Waals surface area (Å²) in [4.78, 5) is 9.81. The third-order valence-corrected chi connectivity index (χ3v) is 5.00. The maximum atomic E-state index is 10.1. The maximum absolute atomic E-state index is 10.1. The molecular weight excluding hydrogens is 324 g/mol. The fourth-order valence-electron chi connectivity index (χ4n) is 3.59. The molecule has 0 heterocycles. The van der Waals surface area contributed by atoms with Gasteiger partial charge in [-0.15, -0.1) is 0 Å². The van der Waals surface area contributed by atoms with Crippen LogP contribution in [0.4, 0.5) is 0 Å². The monoisotopic (exact) mass is 350 g/mol. The van der Waals surface area contributed by atoms with Crippen molar-refractivity contribution >= 4 is 11.4 Å². The van der Waals surface area contributed by atoms with Gasteiger partial charge in [-0.3, -0.25) is 9.98 Å². The number of phenolic OH excluding ortho intramolecular Hbond substituents is 2. The van der Waals surface area contributed by atoms with Crippen LogP contribution >= 0.6 is 0 Å². The Morgan fingerprint density at radius 3 is 1.50 bits per heavy atom. The Kier molecular flexibility index (Phi) is 5.71. The van der Waals surface area contributed by atoms with Gasteiger partial charge in [-0.05, 0) is 51.0 Å². The van der Waals surface area contributed by atoms with E-state index in [-0.39, 0.29) is 23.6 Å². The van der Waals surface area contributed by atoms with E-state index in [1.807, 2.05) is 50.2 Å². The molecular formula is C22H26N2O2. The smallest absolute Gasteiger partial charge is 0.124 e. The molecule has 2 atom stereocenters. The molecule has 0 unspecified atom stereocenters. The van der Waals surface area contributed by atoms with Gasteiger partial charge in [-0.1, -0.05) is 37.1 Å². The Balaban J connectivity index is 1.86. The van der Waals surface area contributed by atoms with E-state index in [1.54, 1.807) is 12.1 Å². The van der Waals surface area contributed by atoms with Gasteiger partial charge < -0.3 is 10.2 Å². The van der Waals surface area contributed by atoms with Crippen molar-refractivity contribution in [3.8, 4) is 11.5 Å². The fourth-order valence-corrected chi connectivity index (χ4v) is 3.59. The van der Waals surface area contributed by atoms with Crippen molar-refractivity contribution < 1.29 is 10.2 Å². The average molecular weight is 350 g/mol. The molecule has 0 spiro atoms. The Morgan fingerprint density at radius 1 is 0.731 bits per heavy atom. The molecule has 3 rings (SSSR count). The molecule has 0 bridgehead atoms. The highest BCUT2D eigenvalue weighted by Gasteiger charge is 2.25. The fraction of sp³-hybridized carbons (Fsp3) is 0.364. The molecule has 0 amide bonds. The van der Waals surface area contributed by atoms with E-state index in [0.717, 1.165) is 48.2 Å². The highest BCUT2D eigenvalue weighted by Crippen LogP contribution is 2.27. The third kappa shape index (κ3) is 4.13. The van der Waals surface area contributed by atoms with Crippen LogP contribution in [0.5, 0.6) is 11.5 Å². The minimum absolute atomic E-state index is 0.101. The molecule has 4 heteroatoms. The van der Waals surface area contributed by atoms with Crippen molar-refractivity contribution in [1.82, 2.24) is 0 Å². The molecule has 1 aliphatic rings. The minimum Gasteiger partial charge on any atom is -0.507 e. The Labute approximate surface area is 155 Å². The third-order valence-electron chi connectivity index (χ3n) is 5.00. The van der Waals surface area contributed by atoms with Crippen LogP contribution in [0.15, 0.2) is 58.5 Å². The molecule has 2 aromatic carbocycles. The number of aromatic hydroxyl groups is 2. The summed E-state index contributed by atoms with van der Waals surface area (Å²) in [6.45, 7) is 3.89. The van der Waals surface area contributed by atoms with E-state index >= 15 is 0 Å². The summed E-state index contributed by atoms with van der Waals surface area (Å²) in [6.07, 6.45) is 4.27. The summed E-state index contributed by atoms with van der Waals surface area (Å²) in [6, 6.07) is 14.8. The SMILES string of the molecule is CC(=N[C@H]1CCCC[C@@H]1N=C(C)c1ccccc1O)c1ccccc1O. The lowest BCUT2D eigenvalue weighted by Gasteiger charge is -2.27. The van der Waals surface area contributed by atoms with Gasteiger partial charge >= 0.3 is 0 Å². The quantitative estimate of drug-likeness (QED) is 0.783. The number of rotatable bonds is 4. The molecule has 1 saturated carbocycles. The number of benzene rings is 2.